The number of carbonyl (C=O) groups is 1. The van der Waals surface area contributed by atoms with E-state index in [-0.39, 0.29) is 6.10 Å². The monoisotopic (exact) mass is 322 g/mol. The van der Waals surface area contributed by atoms with E-state index in [0.29, 0.717) is 11.3 Å². The van der Waals surface area contributed by atoms with Crippen LogP contribution in [0.2, 0.25) is 0 Å². The molecule has 1 unspecified atom stereocenters. The van der Waals surface area contributed by atoms with Crippen LogP contribution in [0.5, 0.6) is 0 Å². The Hall–Kier alpha value is -1.88. The fourth-order valence-electron chi connectivity index (χ4n) is 1.83. The van der Waals surface area contributed by atoms with Gasteiger partial charge < -0.3 is 9.47 Å². The Morgan fingerprint density at radius 2 is 1.95 bits per heavy atom. The minimum absolute atomic E-state index is 0.354. The van der Waals surface area contributed by atoms with Crippen LogP contribution in [0.25, 0.3) is 0 Å². The summed E-state index contributed by atoms with van der Waals surface area (Å²) >= 11 is 0. The highest BCUT2D eigenvalue weighted by Gasteiger charge is 2.19. The molecule has 0 aliphatic rings. The Morgan fingerprint density at radius 1 is 1.32 bits per heavy atom. The molecule has 0 spiro atoms. The Kier molecular flexibility index (Phi) is 7.60. The lowest BCUT2D eigenvalue weighted by atomic mass is 10.2. The van der Waals surface area contributed by atoms with Gasteiger partial charge in [0.2, 0.25) is 0 Å². The molecule has 1 aromatic carbocycles. The second-order valence-electron chi connectivity index (χ2n) is 4.63. The van der Waals surface area contributed by atoms with Gasteiger partial charge in [-0.1, -0.05) is 30.7 Å². The van der Waals surface area contributed by atoms with Crippen LogP contribution in [0, 0.1) is 6.92 Å². The fraction of sp³-hybridized carbons (Fsp3) is 0.353. The van der Waals surface area contributed by atoms with Gasteiger partial charge in [0.1, 0.15) is 6.10 Å². The van der Waals surface area contributed by atoms with Gasteiger partial charge in [-0.3, -0.25) is 0 Å². The second-order valence-corrected chi connectivity index (χ2v) is 6.11. The van der Waals surface area contributed by atoms with Crippen LogP contribution in [0.15, 0.2) is 52.5 Å². The maximum Gasteiger partial charge on any atom is 0.333 e. The summed E-state index contributed by atoms with van der Waals surface area (Å²) in [5, 5.41) is 0. The molecule has 0 aromatic heterocycles. The summed E-state index contributed by atoms with van der Waals surface area (Å²) in [5.41, 5.74) is 1.12. The molecule has 0 N–H and O–H groups in total. The molecule has 0 fully saturated rings. The zero-order valence-electron chi connectivity index (χ0n) is 13.4. The molecule has 0 amide bonds. The van der Waals surface area contributed by atoms with Gasteiger partial charge in [-0.25, -0.2) is 9.00 Å². The van der Waals surface area contributed by atoms with Crippen LogP contribution in [-0.2, 0) is 25.1 Å². The third-order valence-electron chi connectivity index (χ3n) is 3.07. The highest BCUT2D eigenvalue weighted by molar-refractivity contribution is 7.89. The predicted octanol–water partition coefficient (Wildman–Crippen LogP) is 3.49. The summed E-state index contributed by atoms with van der Waals surface area (Å²) < 4.78 is 22.7. The van der Waals surface area contributed by atoms with Gasteiger partial charge in [0, 0.05) is 4.90 Å². The van der Waals surface area contributed by atoms with Crippen LogP contribution in [0.1, 0.15) is 25.8 Å². The third-order valence-corrected chi connectivity index (χ3v) is 4.70. The van der Waals surface area contributed by atoms with Crippen LogP contribution in [0.4, 0.5) is 0 Å². The lowest BCUT2D eigenvalue weighted by Crippen LogP contribution is -2.16. The van der Waals surface area contributed by atoms with Gasteiger partial charge >= 0.3 is 5.97 Å². The highest BCUT2D eigenvalue weighted by atomic mass is 32.2. The van der Waals surface area contributed by atoms with Crippen molar-refractivity contribution >= 4 is 16.8 Å². The van der Waals surface area contributed by atoms with E-state index >= 15 is 0 Å². The number of esters is 1. The van der Waals surface area contributed by atoms with E-state index < -0.39 is 16.8 Å². The molecule has 5 heteroatoms. The molecule has 0 heterocycles. The number of hydrogen-bond acceptors (Lipinski definition) is 4. The molecule has 22 heavy (non-hydrogen) atoms. The third kappa shape index (κ3) is 5.15. The highest BCUT2D eigenvalue weighted by Crippen LogP contribution is 2.22. The van der Waals surface area contributed by atoms with Crippen LogP contribution < -0.4 is 0 Å². The number of methoxy groups -OCH3 is 1. The van der Waals surface area contributed by atoms with Crippen molar-refractivity contribution in [2.45, 2.75) is 38.2 Å². The number of allylic oxidation sites excluding steroid dienone is 1. The van der Waals surface area contributed by atoms with Crippen molar-refractivity contribution in [1.29, 1.82) is 0 Å². The normalized spacial score (nSPS) is 14.6. The van der Waals surface area contributed by atoms with E-state index in [0.717, 1.165) is 10.5 Å². The average Bonchev–Trinajstić information content (AvgIpc) is 2.54. The molecular weight excluding hydrogens is 300 g/mol. The van der Waals surface area contributed by atoms with Crippen LogP contribution in [0.3, 0.4) is 0 Å². The van der Waals surface area contributed by atoms with Crippen LogP contribution >= 0.6 is 0 Å². The Balaban J connectivity index is 2.87. The van der Waals surface area contributed by atoms with Gasteiger partial charge in [0.05, 0.1) is 35.2 Å². The van der Waals surface area contributed by atoms with Crippen molar-refractivity contribution in [3.8, 4) is 0 Å². The van der Waals surface area contributed by atoms with Gasteiger partial charge in [0.15, 0.2) is 0 Å². The number of rotatable bonds is 7. The number of ether oxygens (including phenoxy) is 2. The Morgan fingerprint density at radius 3 is 2.45 bits per heavy atom. The predicted molar refractivity (Wildman–Crippen MR) is 87.7 cm³/mol. The smallest absolute Gasteiger partial charge is 0.333 e. The van der Waals surface area contributed by atoms with E-state index in [1.807, 2.05) is 45.0 Å². The molecule has 0 aliphatic heterocycles. The minimum atomic E-state index is -1.29. The van der Waals surface area contributed by atoms with Crippen molar-refractivity contribution in [2.24, 2.45) is 0 Å². The second kappa shape index (κ2) is 9.20. The lowest BCUT2D eigenvalue weighted by molar-refractivity contribution is -0.135. The maximum absolute atomic E-state index is 12.7. The summed E-state index contributed by atoms with van der Waals surface area (Å²) in [7, 11) is 0.0100. The largest absolute Gasteiger partial charge is 0.492 e. The lowest BCUT2D eigenvalue weighted by Gasteiger charge is -2.18. The van der Waals surface area contributed by atoms with Crippen LogP contribution in [-0.4, -0.2) is 23.4 Å². The average molecular weight is 322 g/mol. The van der Waals surface area contributed by atoms with Gasteiger partial charge in [-0.15, -0.1) is 0 Å². The first-order valence-corrected chi connectivity index (χ1v) is 8.23. The molecule has 4 nitrogen and oxygen atoms in total. The molecule has 0 aliphatic carbocycles. The topological polar surface area (TPSA) is 52.6 Å². The molecule has 0 bridgehead atoms. The Labute approximate surface area is 134 Å². The molecule has 0 saturated heterocycles. The minimum Gasteiger partial charge on any atom is -0.492 e. The van der Waals surface area contributed by atoms with Crippen molar-refractivity contribution in [3.05, 3.63) is 53.1 Å². The SMILES string of the molecule is C/C=C(\[C@@H](CC)O/C=C/C(=O)OC)S(=O)c1ccc(C)cc1. The van der Waals surface area contributed by atoms with Gasteiger partial charge in [-0.05, 0) is 32.4 Å². The molecule has 0 saturated carbocycles. The number of carbonyl (C=O) groups excluding carboxylic acids is 1. The van der Waals surface area contributed by atoms with E-state index in [2.05, 4.69) is 4.74 Å². The van der Waals surface area contributed by atoms with Crippen molar-refractivity contribution < 1.29 is 18.5 Å². The van der Waals surface area contributed by atoms with Gasteiger partial charge in [-0.2, -0.15) is 0 Å². The zero-order valence-corrected chi connectivity index (χ0v) is 14.2. The quantitative estimate of drug-likeness (QED) is 0.438. The summed E-state index contributed by atoms with van der Waals surface area (Å²) in [6.45, 7) is 5.75. The molecule has 2 atom stereocenters. The first-order valence-electron chi connectivity index (χ1n) is 7.08. The number of benzene rings is 1. The van der Waals surface area contributed by atoms with E-state index in [4.69, 9.17) is 4.74 Å². The van der Waals surface area contributed by atoms with E-state index in [1.54, 1.807) is 6.08 Å². The molecule has 1 aromatic rings. The first kappa shape index (κ1) is 18.2. The maximum atomic E-state index is 12.7. The number of aryl methyl sites for hydroxylation is 1. The fourth-order valence-corrected chi connectivity index (χ4v) is 3.16. The molecule has 1 rings (SSSR count). The molecule has 120 valence electrons. The van der Waals surface area contributed by atoms with Crippen molar-refractivity contribution in [1.82, 2.24) is 0 Å². The van der Waals surface area contributed by atoms with E-state index in [9.17, 15) is 9.00 Å². The summed E-state index contributed by atoms with van der Waals surface area (Å²) in [6.07, 6.45) is 4.58. The first-order chi connectivity index (χ1) is 10.5. The van der Waals surface area contributed by atoms with Crippen molar-refractivity contribution in [2.75, 3.05) is 7.11 Å². The molecule has 0 radical (unpaired) electrons. The standard InChI is InChI=1S/C17H22O4S/c1-5-15(21-12-11-17(18)20-4)16(6-2)22(19)14-9-7-13(3)8-10-14/h6-12,15H,5H2,1-4H3/b12-11+,16-6+/t15-,22?/m1/s1. The zero-order chi connectivity index (χ0) is 16.5. The van der Waals surface area contributed by atoms with E-state index in [1.165, 1.54) is 19.4 Å². The summed E-state index contributed by atoms with van der Waals surface area (Å²) in [6, 6.07) is 7.57. The summed E-state index contributed by atoms with van der Waals surface area (Å²) in [5.74, 6) is -0.489. The Bertz CT molecular complexity index is 573. The van der Waals surface area contributed by atoms with Crippen molar-refractivity contribution in [3.63, 3.8) is 0 Å². The van der Waals surface area contributed by atoms with Gasteiger partial charge in [0.25, 0.3) is 0 Å². The number of hydrogen-bond donors (Lipinski definition) is 0. The summed E-state index contributed by atoms with van der Waals surface area (Å²) in [4.78, 5) is 12.5. The molecular formula is C17H22O4S.